The Hall–Kier alpha value is -2.73. The van der Waals surface area contributed by atoms with Crippen LogP contribution in [-0.4, -0.2) is 21.2 Å². The second-order valence-corrected chi connectivity index (χ2v) is 5.33. The number of carbonyl (C=O) groups is 1. The maximum Gasteiger partial charge on any atom is 0.409 e. The van der Waals surface area contributed by atoms with E-state index < -0.39 is 11.9 Å². The van der Waals surface area contributed by atoms with Crippen LogP contribution in [0, 0.1) is 12.7 Å². The Morgan fingerprint density at radius 3 is 2.83 bits per heavy atom. The first kappa shape index (κ1) is 15.2. The summed E-state index contributed by atoms with van der Waals surface area (Å²) in [5.41, 5.74) is 2.72. The van der Waals surface area contributed by atoms with E-state index >= 15 is 0 Å². The van der Waals surface area contributed by atoms with Crippen molar-refractivity contribution in [1.82, 2.24) is 9.97 Å². The highest BCUT2D eigenvalue weighted by Gasteiger charge is 2.11. The molecule has 7 heteroatoms. The number of fused-ring (bicyclic) bond motifs is 1. The molecule has 116 valence electrons. The smallest absolute Gasteiger partial charge is 0.409 e. The fourth-order valence-corrected chi connectivity index (χ4v) is 2.49. The molecule has 1 amide bonds. The Bertz CT molecular complexity index is 931. The Labute approximate surface area is 135 Å². The lowest BCUT2D eigenvalue weighted by molar-refractivity contribution is 0.209. The molecule has 0 saturated carbocycles. The topological polar surface area (TPSA) is 75.1 Å². The molecule has 0 aliphatic carbocycles. The highest BCUT2D eigenvalue weighted by Crippen LogP contribution is 2.29. The van der Waals surface area contributed by atoms with Gasteiger partial charge in [-0.3, -0.25) is 10.3 Å². The number of rotatable bonds is 2. The summed E-state index contributed by atoms with van der Waals surface area (Å²) in [5, 5.41) is 11.9. The zero-order valence-electron chi connectivity index (χ0n) is 12.0. The number of halogens is 2. The second-order valence-electron chi connectivity index (χ2n) is 4.95. The summed E-state index contributed by atoms with van der Waals surface area (Å²) < 4.78 is 13.7. The van der Waals surface area contributed by atoms with Gasteiger partial charge in [-0.15, -0.1) is 0 Å². The van der Waals surface area contributed by atoms with Gasteiger partial charge in [0, 0.05) is 28.9 Å². The molecule has 1 aromatic carbocycles. The lowest BCUT2D eigenvalue weighted by Crippen LogP contribution is -2.08. The minimum Gasteiger partial charge on any atom is -0.465 e. The number of nitrogens with zero attached hydrogens (tertiary/aromatic N) is 2. The molecule has 5 nitrogen and oxygen atoms in total. The van der Waals surface area contributed by atoms with Gasteiger partial charge in [0.2, 0.25) is 0 Å². The van der Waals surface area contributed by atoms with Crippen molar-refractivity contribution < 1.29 is 14.3 Å². The van der Waals surface area contributed by atoms with E-state index in [1.807, 2.05) is 18.3 Å². The summed E-state index contributed by atoms with van der Waals surface area (Å²) in [4.78, 5) is 19.2. The van der Waals surface area contributed by atoms with Gasteiger partial charge in [-0.1, -0.05) is 17.7 Å². The van der Waals surface area contributed by atoms with Crippen molar-refractivity contribution in [3.05, 3.63) is 53.2 Å². The number of anilines is 1. The van der Waals surface area contributed by atoms with E-state index in [1.165, 1.54) is 12.1 Å². The van der Waals surface area contributed by atoms with Crippen LogP contribution in [0.5, 0.6) is 0 Å². The van der Waals surface area contributed by atoms with E-state index in [4.69, 9.17) is 16.7 Å². The summed E-state index contributed by atoms with van der Waals surface area (Å²) in [6.45, 7) is 1.82. The number of carboxylic acid groups (broad SMARTS) is 1. The minimum absolute atomic E-state index is 0.108. The molecule has 0 aliphatic rings. The first-order valence-corrected chi connectivity index (χ1v) is 7.04. The van der Waals surface area contributed by atoms with Gasteiger partial charge in [0.1, 0.15) is 11.0 Å². The fraction of sp³-hybridized carbons (Fsp3) is 0.0625. The maximum absolute atomic E-state index is 13.7. The van der Waals surface area contributed by atoms with E-state index in [-0.39, 0.29) is 5.69 Å². The predicted molar refractivity (Wildman–Crippen MR) is 86.3 cm³/mol. The number of amides is 1. The molecule has 0 atom stereocenters. The van der Waals surface area contributed by atoms with E-state index in [9.17, 15) is 9.18 Å². The van der Waals surface area contributed by atoms with E-state index in [0.29, 0.717) is 21.9 Å². The molecule has 0 spiro atoms. The van der Waals surface area contributed by atoms with Gasteiger partial charge in [0.05, 0.1) is 11.2 Å². The van der Waals surface area contributed by atoms with Gasteiger partial charge in [-0.05, 0) is 30.7 Å². The maximum atomic E-state index is 13.7. The SMILES string of the molecule is Cc1nc2cc(Cl)ncc2cc1-c1ccc(F)c(NC(=O)O)c1. The molecule has 0 radical (unpaired) electrons. The van der Waals surface area contributed by atoms with Crippen molar-refractivity contribution in [3.8, 4) is 11.1 Å². The molecule has 0 bridgehead atoms. The summed E-state index contributed by atoms with van der Waals surface area (Å²) in [6, 6.07) is 7.74. The van der Waals surface area contributed by atoms with Gasteiger partial charge in [-0.2, -0.15) is 0 Å². The van der Waals surface area contributed by atoms with E-state index in [1.54, 1.807) is 18.3 Å². The number of pyridine rings is 2. The molecular weight excluding hydrogens is 321 g/mol. The number of aromatic nitrogens is 2. The van der Waals surface area contributed by atoms with Crippen molar-refractivity contribution in [3.63, 3.8) is 0 Å². The van der Waals surface area contributed by atoms with Crippen molar-refractivity contribution in [1.29, 1.82) is 0 Å². The Morgan fingerprint density at radius 1 is 1.30 bits per heavy atom. The third kappa shape index (κ3) is 3.07. The van der Waals surface area contributed by atoms with Crippen LogP contribution in [0.4, 0.5) is 14.9 Å². The lowest BCUT2D eigenvalue weighted by Gasteiger charge is -2.10. The van der Waals surface area contributed by atoms with Crippen LogP contribution < -0.4 is 5.32 Å². The molecule has 0 saturated heterocycles. The number of benzene rings is 1. The molecule has 3 rings (SSSR count). The van der Waals surface area contributed by atoms with Crippen LogP contribution in [0.25, 0.3) is 22.0 Å². The monoisotopic (exact) mass is 331 g/mol. The number of hydrogen-bond acceptors (Lipinski definition) is 3. The molecule has 2 aromatic heterocycles. The van der Waals surface area contributed by atoms with Gasteiger partial charge in [0.25, 0.3) is 0 Å². The molecular formula is C16H11ClFN3O2. The number of hydrogen-bond donors (Lipinski definition) is 2. The lowest BCUT2D eigenvalue weighted by atomic mass is 10.0. The zero-order valence-corrected chi connectivity index (χ0v) is 12.7. The third-order valence-corrected chi connectivity index (χ3v) is 3.58. The largest absolute Gasteiger partial charge is 0.465 e. The van der Waals surface area contributed by atoms with Crippen LogP contribution in [0.3, 0.4) is 0 Å². The molecule has 0 aliphatic heterocycles. The summed E-state index contributed by atoms with van der Waals surface area (Å²) in [6.07, 6.45) is 0.279. The molecule has 3 aromatic rings. The first-order chi connectivity index (χ1) is 10.9. The summed E-state index contributed by atoms with van der Waals surface area (Å²) in [7, 11) is 0. The Balaban J connectivity index is 2.14. The highest BCUT2D eigenvalue weighted by atomic mass is 35.5. The average Bonchev–Trinajstić information content (AvgIpc) is 2.48. The van der Waals surface area contributed by atoms with Crippen molar-refractivity contribution in [2.45, 2.75) is 6.92 Å². The van der Waals surface area contributed by atoms with Crippen LogP contribution in [-0.2, 0) is 0 Å². The van der Waals surface area contributed by atoms with E-state index in [0.717, 1.165) is 10.9 Å². The van der Waals surface area contributed by atoms with Crippen LogP contribution in [0.1, 0.15) is 5.69 Å². The number of nitrogens with one attached hydrogen (secondary N) is 1. The minimum atomic E-state index is -1.33. The summed E-state index contributed by atoms with van der Waals surface area (Å²) >= 11 is 5.86. The van der Waals surface area contributed by atoms with Gasteiger partial charge in [-0.25, -0.2) is 14.2 Å². The van der Waals surface area contributed by atoms with Crippen LogP contribution in [0.15, 0.2) is 36.5 Å². The number of aryl methyl sites for hydroxylation is 1. The zero-order chi connectivity index (χ0) is 16.6. The molecule has 23 heavy (non-hydrogen) atoms. The standard InChI is InChI=1S/C16H11ClFN3O2/c1-8-11(4-10-7-19-15(17)6-13(10)20-8)9-2-3-12(18)14(5-9)21-16(22)23/h2-7,21H,1H3,(H,22,23). The summed E-state index contributed by atoms with van der Waals surface area (Å²) in [5.74, 6) is -0.643. The second kappa shape index (κ2) is 5.81. The normalized spacial score (nSPS) is 10.7. The molecule has 0 fully saturated rings. The molecule has 0 unspecified atom stereocenters. The molecule has 2 heterocycles. The Morgan fingerprint density at radius 2 is 2.09 bits per heavy atom. The van der Waals surface area contributed by atoms with Gasteiger partial charge in [0.15, 0.2) is 0 Å². The fourth-order valence-electron chi connectivity index (χ4n) is 2.34. The van der Waals surface area contributed by atoms with Gasteiger partial charge < -0.3 is 5.11 Å². The predicted octanol–water partition coefficient (Wildman–Crippen LogP) is 4.49. The van der Waals surface area contributed by atoms with Crippen LogP contribution >= 0.6 is 11.6 Å². The first-order valence-electron chi connectivity index (χ1n) is 6.67. The Kier molecular flexibility index (Phi) is 3.83. The van der Waals surface area contributed by atoms with E-state index in [2.05, 4.69) is 9.97 Å². The molecule has 2 N–H and O–H groups in total. The van der Waals surface area contributed by atoms with Crippen molar-refractivity contribution in [2.75, 3.05) is 5.32 Å². The van der Waals surface area contributed by atoms with Crippen molar-refractivity contribution in [2.24, 2.45) is 0 Å². The van der Waals surface area contributed by atoms with Crippen molar-refractivity contribution >= 4 is 34.3 Å². The highest BCUT2D eigenvalue weighted by molar-refractivity contribution is 6.30. The third-order valence-electron chi connectivity index (χ3n) is 3.38. The average molecular weight is 332 g/mol. The quantitative estimate of drug-likeness (QED) is 0.678. The van der Waals surface area contributed by atoms with Gasteiger partial charge >= 0.3 is 6.09 Å². The van der Waals surface area contributed by atoms with Crippen LogP contribution in [0.2, 0.25) is 5.15 Å².